The van der Waals surface area contributed by atoms with E-state index in [0.717, 1.165) is 18.9 Å². The highest BCUT2D eigenvalue weighted by atomic mass is 35.5. The molecule has 1 amide bonds. The predicted molar refractivity (Wildman–Crippen MR) is 99.3 cm³/mol. The lowest BCUT2D eigenvalue weighted by atomic mass is 9.99. The topological polar surface area (TPSA) is 83.7 Å². The van der Waals surface area contributed by atoms with E-state index in [1.165, 1.54) is 16.4 Å². The van der Waals surface area contributed by atoms with Crippen LogP contribution in [-0.2, 0) is 10.0 Å². The highest BCUT2D eigenvalue weighted by molar-refractivity contribution is 7.89. The number of likely N-dealkylation sites (tertiary alicyclic amines) is 1. The first-order valence-electron chi connectivity index (χ1n) is 8.72. The van der Waals surface area contributed by atoms with Gasteiger partial charge < -0.3 is 10.6 Å². The number of rotatable bonds is 4. The number of halogens is 2. The fraction of sp³-hybridized carbons (Fsp3) is 0.588. The van der Waals surface area contributed by atoms with Gasteiger partial charge in [0.2, 0.25) is 10.0 Å². The number of nitrogens with two attached hydrogens (primary N) is 1. The molecule has 146 valence electrons. The number of hydrogen-bond acceptors (Lipinski definition) is 4. The first-order valence-corrected chi connectivity index (χ1v) is 10.2. The summed E-state index contributed by atoms with van der Waals surface area (Å²) in [6, 6.07) is 3.58. The minimum absolute atomic E-state index is 0. The third kappa shape index (κ3) is 4.19. The molecule has 2 heterocycles. The molecule has 0 unspecified atom stereocenters. The summed E-state index contributed by atoms with van der Waals surface area (Å²) in [5.74, 6) is -0.818. The molecule has 6 nitrogen and oxygen atoms in total. The van der Waals surface area contributed by atoms with E-state index < -0.39 is 15.8 Å². The Morgan fingerprint density at radius 3 is 2.31 bits per heavy atom. The molecule has 26 heavy (non-hydrogen) atoms. The van der Waals surface area contributed by atoms with Crippen molar-refractivity contribution in [1.82, 2.24) is 9.21 Å². The van der Waals surface area contributed by atoms with Crippen molar-refractivity contribution in [3.63, 3.8) is 0 Å². The van der Waals surface area contributed by atoms with Gasteiger partial charge in [-0.05, 0) is 56.3 Å². The molecule has 0 radical (unpaired) electrons. The van der Waals surface area contributed by atoms with Gasteiger partial charge in [0, 0.05) is 26.2 Å². The van der Waals surface area contributed by atoms with Crippen molar-refractivity contribution in [2.45, 2.75) is 30.6 Å². The minimum atomic E-state index is -3.75. The van der Waals surface area contributed by atoms with Crippen LogP contribution in [0, 0.1) is 11.7 Å². The molecule has 0 saturated carbocycles. The average Bonchev–Trinajstić information content (AvgIpc) is 3.15. The molecule has 2 aliphatic heterocycles. The number of amides is 1. The van der Waals surface area contributed by atoms with Crippen LogP contribution in [-0.4, -0.2) is 56.3 Å². The van der Waals surface area contributed by atoms with Crippen molar-refractivity contribution < 1.29 is 17.6 Å². The van der Waals surface area contributed by atoms with Crippen molar-refractivity contribution in [3.05, 3.63) is 29.6 Å². The molecule has 1 aromatic carbocycles. The van der Waals surface area contributed by atoms with Crippen LogP contribution < -0.4 is 5.73 Å². The van der Waals surface area contributed by atoms with Crippen LogP contribution >= 0.6 is 12.4 Å². The Morgan fingerprint density at radius 1 is 1.15 bits per heavy atom. The average molecular weight is 406 g/mol. The summed E-state index contributed by atoms with van der Waals surface area (Å²) < 4.78 is 41.2. The summed E-state index contributed by atoms with van der Waals surface area (Å²) >= 11 is 0. The summed E-state index contributed by atoms with van der Waals surface area (Å²) in [5.41, 5.74) is 5.56. The van der Waals surface area contributed by atoms with Crippen LogP contribution in [0.5, 0.6) is 0 Å². The fourth-order valence-corrected chi connectivity index (χ4v) is 4.94. The third-order valence-electron chi connectivity index (χ3n) is 5.11. The normalized spacial score (nSPS) is 19.4. The quantitative estimate of drug-likeness (QED) is 0.828. The molecule has 2 fully saturated rings. The molecule has 0 spiro atoms. The monoisotopic (exact) mass is 405 g/mol. The van der Waals surface area contributed by atoms with Gasteiger partial charge in [-0.1, -0.05) is 0 Å². The molecule has 0 aromatic heterocycles. The Labute approximate surface area is 160 Å². The van der Waals surface area contributed by atoms with E-state index >= 15 is 0 Å². The summed E-state index contributed by atoms with van der Waals surface area (Å²) in [6.45, 7) is 2.57. The maximum absolute atomic E-state index is 14.4. The predicted octanol–water partition coefficient (Wildman–Crippen LogP) is 1.84. The lowest BCUT2D eigenvalue weighted by Crippen LogP contribution is -2.40. The van der Waals surface area contributed by atoms with Gasteiger partial charge in [0.25, 0.3) is 5.91 Å². The van der Waals surface area contributed by atoms with E-state index in [1.807, 2.05) is 0 Å². The van der Waals surface area contributed by atoms with E-state index in [2.05, 4.69) is 0 Å². The maximum Gasteiger partial charge on any atom is 0.256 e. The second kappa shape index (κ2) is 8.65. The van der Waals surface area contributed by atoms with Gasteiger partial charge in [-0.25, -0.2) is 12.8 Å². The minimum Gasteiger partial charge on any atom is -0.339 e. The molecule has 2 aliphatic rings. The number of carbonyl (C=O) groups is 1. The van der Waals surface area contributed by atoms with E-state index in [4.69, 9.17) is 5.73 Å². The van der Waals surface area contributed by atoms with Gasteiger partial charge in [0.05, 0.1) is 10.5 Å². The van der Waals surface area contributed by atoms with Gasteiger partial charge in [-0.3, -0.25) is 4.79 Å². The van der Waals surface area contributed by atoms with Crippen LogP contribution in [0.2, 0.25) is 0 Å². The Balaban J connectivity index is 0.00000243. The Morgan fingerprint density at radius 2 is 1.77 bits per heavy atom. The SMILES string of the molecule is Cl.NCC1CCN(S(=O)(=O)c2ccc(C(=O)N3CCCC3)c(F)c2)CC1. The van der Waals surface area contributed by atoms with E-state index in [-0.39, 0.29) is 28.8 Å². The fourth-order valence-electron chi connectivity index (χ4n) is 3.45. The van der Waals surface area contributed by atoms with Crippen LogP contribution in [0.1, 0.15) is 36.0 Å². The number of hydrogen-bond donors (Lipinski definition) is 1. The highest BCUT2D eigenvalue weighted by Crippen LogP contribution is 2.25. The molecule has 0 aliphatic carbocycles. The molecule has 0 atom stereocenters. The molecular weight excluding hydrogens is 381 g/mol. The number of carbonyl (C=O) groups excluding carboxylic acids is 1. The number of piperidine rings is 1. The lowest BCUT2D eigenvalue weighted by Gasteiger charge is -2.30. The smallest absolute Gasteiger partial charge is 0.256 e. The molecule has 2 saturated heterocycles. The number of sulfonamides is 1. The van der Waals surface area contributed by atoms with Crippen LogP contribution in [0.3, 0.4) is 0 Å². The Bertz CT molecular complexity index is 746. The standard InChI is InChI=1S/C17H24FN3O3S.ClH/c18-16-11-14(3-4-15(16)17(22)20-7-1-2-8-20)25(23,24)21-9-5-13(12-19)6-10-21;/h3-4,11,13H,1-2,5-10,12,19H2;1H. The van der Waals surface area contributed by atoms with Crippen molar-refractivity contribution in [1.29, 1.82) is 0 Å². The van der Waals surface area contributed by atoms with E-state index in [0.29, 0.717) is 51.5 Å². The first kappa shape index (κ1) is 21.1. The third-order valence-corrected chi connectivity index (χ3v) is 7.00. The zero-order valence-corrected chi connectivity index (χ0v) is 16.2. The van der Waals surface area contributed by atoms with Gasteiger partial charge >= 0.3 is 0 Å². The molecule has 3 rings (SSSR count). The van der Waals surface area contributed by atoms with Crippen molar-refractivity contribution in [2.75, 3.05) is 32.7 Å². The molecule has 0 bridgehead atoms. The van der Waals surface area contributed by atoms with Gasteiger partial charge in [-0.15, -0.1) is 12.4 Å². The summed E-state index contributed by atoms with van der Waals surface area (Å²) in [6.07, 6.45) is 3.25. The van der Waals surface area contributed by atoms with Crippen LogP contribution in [0.4, 0.5) is 4.39 Å². The number of nitrogens with zero attached hydrogens (tertiary/aromatic N) is 2. The van der Waals surface area contributed by atoms with Crippen LogP contribution in [0.15, 0.2) is 23.1 Å². The van der Waals surface area contributed by atoms with Crippen molar-refractivity contribution >= 4 is 28.3 Å². The van der Waals surface area contributed by atoms with Crippen molar-refractivity contribution in [2.24, 2.45) is 11.7 Å². The maximum atomic E-state index is 14.4. The van der Waals surface area contributed by atoms with Crippen molar-refractivity contribution in [3.8, 4) is 0 Å². The largest absolute Gasteiger partial charge is 0.339 e. The molecular formula is C17H25ClFN3O3S. The zero-order valence-electron chi connectivity index (χ0n) is 14.6. The second-order valence-electron chi connectivity index (χ2n) is 6.72. The molecule has 1 aromatic rings. The lowest BCUT2D eigenvalue weighted by molar-refractivity contribution is 0.0788. The van der Waals surface area contributed by atoms with E-state index in [9.17, 15) is 17.6 Å². The van der Waals surface area contributed by atoms with Gasteiger partial charge in [-0.2, -0.15) is 4.31 Å². The summed E-state index contributed by atoms with van der Waals surface area (Å²) in [4.78, 5) is 13.8. The van der Waals surface area contributed by atoms with Gasteiger partial charge in [0.1, 0.15) is 5.82 Å². The zero-order chi connectivity index (χ0) is 18.0. The summed E-state index contributed by atoms with van der Waals surface area (Å²) in [5, 5.41) is 0. The second-order valence-corrected chi connectivity index (χ2v) is 8.66. The Hall–Kier alpha value is -1.22. The van der Waals surface area contributed by atoms with E-state index in [1.54, 1.807) is 4.90 Å². The first-order chi connectivity index (χ1) is 11.9. The Kier molecular flexibility index (Phi) is 7.01. The summed E-state index contributed by atoms with van der Waals surface area (Å²) in [7, 11) is -3.75. The highest BCUT2D eigenvalue weighted by Gasteiger charge is 2.30. The van der Waals surface area contributed by atoms with Gasteiger partial charge in [0.15, 0.2) is 0 Å². The molecule has 2 N–H and O–H groups in total. The molecule has 9 heteroatoms. The van der Waals surface area contributed by atoms with Crippen LogP contribution in [0.25, 0.3) is 0 Å². The number of benzene rings is 1.